The van der Waals surface area contributed by atoms with E-state index in [4.69, 9.17) is 9.47 Å². The lowest BCUT2D eigenvalue weighted by Gasteiger charge is -2.37. The van der Waals surface area contributed by atoms with Crippen LogP contribution in [0.1, 0.15) is 24.5 Å². The Morgan fingerprint density at radius 2 is 1.77 bits per heavy atom. The number of hydrogen-bond donors (Lipinski definition) is 0. The lowest BCUT2D eigenvalue weighted by atomic mass is 10.1. The Kier molecular flexibility index (Phi) is 5.28. The molecule has 7 nitrogen and oxygen atoms in total. The molecule has 162 valence electrons. The maximum absolute atomic E-state index is 13.4. The zero-order valence-electron chi connectivity index (χ0n) is 17.8. The van der Waals surface area contributed by atoms with Crippen molar-refractivity contribution in [2.24, 2.45) is 0 Å². The summed E-state index contributed by atoms with van der Waals surface area (Å²) in [5.74, 6) is 1.65. The van der Waals surface area contributed by atoms with Gasteiger partial charge in [-0.15, -0.1) is 0 Å². The van der Waals surface area contributed by atoms with Crippen LogP contribution < -0.4 is 14.4 Å². The van der Waals surface area contributed by atoms with E-state index < -0.39 is 6.04 Å². The number of carbonyl (C=O) groups is 2. The highest BCUT2D eigenvalue weighted by atomic mass is 16.7. The van der Waals surface area contributed by atoms with Gasteiger partial charge in [0.05, 0.1) is 0 Å². The maximum atomic E-state index is 13.4. The summed E-state index contributed by atoms with van der Waals surface area (Å²) < 4.78 is 10.9. The molecule has 0 bridgehead atoms. The van der Waals surface area contributed by atoms with Gasteiger partial charge in [0.1, 0.15) is 6.04 Å². The smallest absolute Gasteiger partial charge is 0.246 e. The number of amides is 2. The quantitative estimate of drug-likeness (QED) is 0.759. The summed E-state index contributed by atoms with van der Waals surface area (Å²) in [6, 6.07) is 13.5. The Labute approximate surface area is 182 Å². The van der Waals surface area contributed by atoms with Gasteiger partial charge in [-0.2, -0.15) is 0 Å². The van der Waals surface area contributed by atoms with Crippen LogP contribution in [0.3, 0.4) is 0 Å². The van der Waals surface area contributed by atoms with Gasteiger partial charge < -0.3 is 14.4 Å². The van der Waals surface area contributed by atoms with Crippen molar-refractivity contribution in [3.05, 3.63) is 53.6 Å². The molecule has 0 spiro atoms. The fraction of sp³-hybridized carbons (Fsp3) is 0.417. The Hall–Kier alpha value is -3.06. The topological polar surface area (TPSA) is 62.3 Å². The normalized spacial score (nSPS) is 20.1. The molecule has 2 amide bonds. The summed E-state index contributed by atoms with van der Waals surface area (Å²) in [5, 5.41) is 0. The molecule has 0 unspecified atom stereocenters. The first-order valence-electron chi connectivity index (χ1n) is 10.9. The molecule has 0 saturated carbocycles. The van der Waals surface area contributed by atoms with Gasteiger partial charge in [-0.25, -0.2) is 0 Å². The van der Waals surface area contributed by atoms with Gasteiger partial charge in [0, 0.05) is 51.3 Å². The Morgan fingerprint density at radius 3 is 2.58 bits per heavy atom. The van der Waals surface area contributed by atoms with Gasteiger partial charge in [-0.3, -0.25) is 19.4 Å². The number of anilines is 1. The van der Waals surface area contributed by atoms with Crippen LogP contribution in [-0.2, 0) is 22.6 Å². The van der Waals surface area contributed by atoms with Crippen LogP contribution in [0.4, 0.5) is 5.69 Å². The molecule has 3 aliphatic rings. The second kappa shape index (κ2) is 8.23. The number of piperazine rings is 1. The first kappa shape index (κ1) is 19.9. The number of rotatable bonds is 4. The van der Waals surface area contributed by atoms with E-state index in [0.717, 1.165) is 42.4 Å². The number of para-hydroxylation sites is 1. The molecule has 31 heavy (non-hydrogen) atoms. The first-order chi connectivity index (χ1) is 15.1. The fourth-order valence-electron chi connectivity index (χ4n) is 4.70. The molecule has 5 rings (SSSR count). The highest BCUT2D eigenvalue weighted by Gasteiger charge is 2.40. The molecule has 7 heteroatoms. The van der Waals surface area contributed by atoms with E-state index >= 15 is 0 Å². The second-order valence-electron chi connectivity index (χ2n) is 8.25. The molecule has 2 aromatic carbocycles. The number of carbonyl (C=O) groups excluding carboxylic acids is 2. The van der Waals surface area contributed by atoms with E-state index in [1.165, 1.54) is 5.56 Å². The Bertz CT molecular complexity index is 1000. The highest BCUT2D eigenvalue weighted by Crippen LogP contribution is 2.34. The number of benzene rings is 2. The van der Waals surface area contributed by atoms with Gasteiger partial charge >= 0.3 is 0 Å². The summed E-state index contributed by atoms with van der Waals surface area (Å²) >= 11 is 0. The van der Waals surface area contributed by atoms with E-state index in [1.54, 1.807) is 4.90 Å². The third kappa shape index (κ3) is 3.74. The van der Waals surface area contributed by atoms with E-state index in [1.807, 2.05) is 48.2 Å². The maximum Gasteiger partial charge on any atom is 0.246 e. The van der Waals surface area contributed by atoms with E-state index in [9.17, 15) is 9.59 Å². The van der Waals surface area contributed by atoms with Crippen LogP contribution in [0, 0.1) is 0 Å². The summed E-state index contributed by atoms with van der Waals surface area (Å²) in [4.78, 5) is 32.0. The molecule has 2 aromatic rings. The van der Waals surface area contributed by atoms with Crippen molar-refractivity contribution in [2.45, 2.75) is 32.4 Å². The number of ether oxygens (including phenoxy) is 2. The zero-order chi connectivity index (χ0) is 21.4. The zero-order valence-corrected chi connectivity index (χ0v) is 17.8. The van der Waals surface area contributed by atoms with Crippen LogP contribution in [0.25, 0.3) is 0 Å². The average Bonchev–Trinajstić information content (AvgIpc) is 3.43. The number of nitrogens with zero attached hydrogens (tertiary/aromatic N) is 3. The predicted molar refractivity (Wildman–Crippen MR) is 116 cm³/mol. The number of hydrogen-bond acceptors (Lipinski definition) is 5. The van der Waals surface area contributed by atoms with Crippen LogP contribution in [0.5, 0.6) is 11.5 Å². The molecule has 3 heterocycles. The van der Waals surface area contributed by atoms with E-state index in [-0.39, 0.29) is 18.6 Å². The Morgan fingerprint density at radius 1 is 1.00 bits per heavy atom. The van der Waals surface area contributed by atoms with Crippen LogP contribution >= 0.6 is 0 Å². The summed E-state index contributed by atoms with van der Waals surface area (Å²) in [6.07, 6.45) is 0.986. The van der Waals surface area contributed by atoms with Crippen molar-refractivity contribution in [1.82, 2.24) is 9.80 Å². The van der Waals surface area contributed by atoms with Crippen molar-refractivity contribution < 1.29 is 19.1 Å². The summed E-state index contributed by atoms with van der Waals surface area (Å²) in [5.41, 5.74) is 3.13. The van der Waals surface area contributed by atoms with Gasteiger partial charge in [-0.1, -0.05) is 31.2 Å². The predicted octanol–water partition coefficient (Wildman–Crippen LogP) is 2.43. The molecule has 0 N–H and O–H groups in total. The first-order valence-corrected chi connectivity index (χ1v) is 10.9. The lowest BCUT2D eigenvalue weighted by Crippen LogP contribution is -2.55. The Balaban J connectivity index is 1.22. The van der Waals surface area contributed by atoms with E-state index in [2.05, 4.69) is 11.0 Å². The molecular formula is C24H27N3O4. The van der Waals surface area contributed by atoms with Crippen LogP contribution in [0.2, 0.25) is 0 Å². The number of fused-ring (bicyclic) bond motifs is 2. The molecule has 0 radical (unpaired) electrons. The lowest BCUT2D eigenvalue weighted by molar-refractivity contribution is -0.136. The SMILES string of the molecule is CCC(=O)N1c2ccccc2C[C@H]1C(=O)N1CCN(Cc2ccc3c(c2)OCO3)CC1. The van der Waals surface area contributed by atoms with Crippen molar-refractivity contribution in [2.75, 3.05) is 37.9 Å². The third-order valence-electron chi connectivity index (χ3n) is 6.36. The molecule has 0 aliphatic carbocycles. The minimum Gasteiger partial charge on any atom is -0.454 e. The van der Waals surface area contributed by atoms with Crippen molar-refractivity contribution in [3.8, 4) is 11.5 Å². The largest absolute Gasteiger partial charge is 0.454 e. The standard InChI is InChI=1S/C24H27N3O4/c1-2-23(28)27-19-6-4-3-5-18(19)14-20(27)24(29)26-11-9-25(10-12-26)15-17-7-8-21-22(13-17)31-16-30-21/h3-8,13,20H,2,9-12,14-16H2,1H3/t20-/m0/s1. The van der Waals surface area contributed by atoms with Gasteiger partial charge in [-0.05, 0) is 29.3 Å². The summed E-state index contributed by atoms with van der Waals surface area (Å²) in [6.45, 7) is 5.90. The second-order valence-corrected chi connectivity index (χ2v) is 8.25. The van der Waals surface area contributed by atoms with Gasteiger partial charge in [0.2, 0.25) is 18.6 Å². The minimum absolute atomic E-state index is 0.00439. The van der Waals surface area contributed by atoms with Gasteiger partial charge in [0.15, 0.2) is 11.5 Å². The van der Waals surface area contributed by atoms with Crippen LogP contribution in [-0.4, -0.2) is 60.6 Å². The highest BCUT2D eigenvalue weighted by molar-refractivity contribution is 6.03. The molecule has 1 saturated heterocycles. The minimum atomic E-state index is -0.426. The third-order valence-corrected chi connectivity index (χ3v) is 6.36. The average molecular weight is 421 g/mol. The van der Waals surface area contributed by atoms with Crippen molar-refractivity contribution in [3.63, 3.8) is 0 Å². The van der Waals surface area contributed by atoms with Crippen molar-refractivity contribution in [1.29, 1.82) is 0 Å². The van der Waals surface area contributed by atoms with Crippen LogP contribution in [0.15, 0.2) is 42.5 Å². The summed E-state index contributed by atoms with van der Waals surface area (Å²) in [7, 11) is 0. The molecule has 1 fully saturated rings. The van der Waals surface area contributed by atoms with E-state index in [0.29, 0.717) is 25.9 Å². The molecule has 3 aliphatic heterocycles. The fourth-order valence-corrected chi connectivity index (χ4v) is 4.70. The van der Waals surface area contributed by atoms with Gasteiger partial charge in [0.25, 0.3) is 0 Å². The van der Waals surface area contributed by atoms with Crippen molar-refractivity contribution >= 4 is 17.5 Å². The molecule has 0 aromatic heterocycles. The molecule has 1 atom stereocenters. The monoisotopic (exact) mass is 421 g/mol. The molecular weight excluding hydrogens is 394 g/mol.